The van der Waals surface area contributed by atoms with Crippen molar-refractivity contribution in [2.24, 2.45) is 4.99 Å². The third-order valence-electron chi connectivity index (χ3n) is 4.42. The topological polar surface area (TPSA) is 84.0 Å². The van der Waals surface area contributed by atoms with Crippen LogP contribution in [0.5, 0.6) is 5.75 Å². The van der Waals surface area contributed by atoms with E-state index in [1.807, 2.05) is 37.3 Å². The first-order valence-electron chi connectivity index (χ1n) is 10.0. The molecule has 0 radical (unpaired) electrons. The number of aliphatic imine (C=N–C) groups is 1. The van der Waals surface area contributed by atoms with Gasteiger partial charge in [0.15, 0.2) is 5.96 Å². The number of hydrogen-bond acceptors (Lipinski definition) is 4. The van der Waals surface area contributed by atoms with Crippen LogP contribution in [0, 0.1) is 6.92 Å². The standard InChI is InChI=1S/C23H32N4O3/c1-17-5-8-20(22(15-17)30-14-13-29-4)16-26-23(24-3)25-12-11-19-6-9-21(10-7-19)27-18(2)28/h5-10,15H,11-14,16H2,1-4H3,(H,27,28)(H2,24,25,26). The Balaban J connectivity index is 1.83. The number of guanidine groups is 1. The van der Waals surface area contributed by atoms with E-state index < -0.39 is 0 Å². The molecule has 0 spiro atoms. The van der Waals surface area contributed by atoms with Gasteiger partial charge in [-0.25, -0.2) is 0 Å². The van der Waals surface area contributed by atoms with Crippen LogP contribution in [-0.2, 0) is 22.5 Å². The molecule has 0 fully saturated rings. The van der Waals surface area contributed by atoms with Crippen molar-refractivity contribution >= 4 is 17.6 Å². The molecule has 2 rings (SSSR count). The second-order valence-corrected chi connectivity index (χ2v) is 6.93. The molecule has 0 saturated carbocycles. The molecular formula is C23H32N4O3. The summed E-state index contributed by atoms with van der Waals surface area (Å²) in [6.45, 7) is 5.96. The van der Waals surface area contributed by atoms with Gasteiger partial charge in [0.1, 0.15) is 12.4 Å². The van der Waals surface area contributed by atoms with Crippen LogP contribution in [0.3, 0.4) is 0 Å². The first-order chi connectivity index (χ1) is 14.5. The van der Waals surface area contributed by atoms with Crippen LogP contribution in [0.1, 0.15) is 23.6 Å². The Morgan fingerprint density at radius 2 is 1.83 bits per heavy atom. The van der Waals surface area contributed by atoms with E-state index in [0.29, 0.717) is 19.8 Å². The largest absolute Gasteiger partial charge is 0.491 e. The Morgan fingerprint density at radius 1 is 1.07 bits per heavy atom. The van der Waals surface area contributed by atoms with Crippen LogP contribution in [0.25, 0.3) is 0 Å². The van der Waals surface area contributed by atoms with Crippen LogP contribution in [0.2, 0.25) is 0 Å². The average Bonchev–Trinajstić information content (AvgIpc) is 2.72. The van der Waals surface area contributed by atoms with Crippen LogP contribution in [0.4, 0.5) is 5.69 Å². The molecule has 2 aromatic rings. The van der Waals surface area contributed by atoms with Gasteiger partial charge in [-0.15, -0.1) is 0 Å². The van der Waals surface area contributed by atoms with E-state index in [9.17, 15) is 4.79 Å². The maximum atomic E-state index is 11.1. The van der Waals surface area contributed by atoms with Crippen molar-refractivity contribution in [3.63, 3.8) is 0 Å². The molecule has 30 heavy (non-hydrogen) atoms. The van der Waals surface area contributed by atoms with Crippen molar-refractivity contribution in [2.75, 3.05) is 39.2 Å². The first-order valence-corrected chi connectivity index (χ1v) is 10.0. The Bertz CT molecular complexity index is 835. The molecule has 0 aliphatic heterocycles. The van der Waals surface area contributed by atoms with Gasteiger partial charge in [0, 0.05) is 45.4 Å². The van der Waals surface area contributed by atoms with Crippen molar-refractivity contribution < 1.29 is 14.3 Å². The monoisotopic (exact) mass is 412 g/mol. The number of methoxy groups -OCH3 is 1. The number of nitrogens with one attached hydrogen (secondary N) is 3. The normalized spacial score (nSPS) is 11.1. The van der Waals surface area contributed by atoms with E-state index in [0.717, 1.165) is 41.5 Å². The summed E-state index contributed by atoms with van der Waals surface area (Å²) in [7, 11) is 3.41. The van der Waals surface area contributed by atoms with Gasteiger partial charge in [-0.1, -0.05) is 24.3 Å². The number of rotatable bonds is 10. The fourth-order valence-electron chi connectivity index (χ4n) is 2.86. The van der Waals surface area contributed by atoms with E-state index in [2.05, 4.69) is 33.1 Å². The maximum absolute atomic E-state index is 11.1. The number of carbonyl (C=O) groups is 1. The van der Waals surface area contributed by atoms with Gasteiger partial charge in [0.05, 0.1) is 6.61 Å². The summed E-state index contributed by atoms with van der Waals surface area (Å²) in [6.07, 6.45) is 0.844. The lowest BCUT2D eigenvalue weighted by atomic mass is 10.1. The number of carbonyl (C=O) groups excluding carboxylic acids is 1. The molecule has 0 unspecified atom stereocenters. The maximum Gasteiger partial charge on any atom is 0.221 e. The molecule has 0 aliphatic rings. The molecule has 0 bridgehead atoms. The molecule has 7 heteroatoms. The number of hydrogen-bond donors (Lipinski definition) is 3. The zero-order chi connectivity index (χ0) is 21.8. The average molecular weight is 413 g/mol. The number of anilines is 1. The second-order valence-electron chi connectivity index (χ2n) is 6.93. The summed E-state index contributed by atoms with van der Waals surface area (Å²) in [5.41, 5.74) is 4.20. The Labute approximate surface area is 178 Å². The molecular weight excluding hydrogens is 380 g/mol. The van der Waals surface area contributed by atoms with E-state index >= 15 is 0 Å². The van der Waals surface area contributed by atoms with Gasteiger partial charge in [0.25, 0.3) is 0 Å². The molecule has 162 valence electrons. The van der Waals surface area contributed by atoms with Gasteiger partial charge >= 0.3 is 0 Å². The molecule has 0 aromatic heterocycles. The quantitative estimate of drug-likeness (QED) is 0.317. The van der Waals surface area contributed by atoms with Crippen molar-refractivity contribution in [3.8, 4) is 5.75 Å². The minimum Gasteiger partial charge on any atom is -0.491 e. The Morgan fingerprint density at radius 3 is 2.50 bits per heavy atom. The Kier molecular flexibility index (Phi) is 9.67. The number of aryl methyl sites for hydroxylation is 1. The lowest BCUT2D eigenvalue weighted by molar-refractivity contribution is -0.114. The summed E-state index contributed by atoms with van der Waals surface area (Å²) in [4.78, 5) is 15.4. The molecule has 2 aromatic carbocycles. The van der Waals surface area contributed by atoms with Crippen LogP contribution in [-0.4, -0.2) is 45.8 Å². The fourth-order valence-corrected chi connectivity index (χ4v) is 2.86. The van der Waals surface area contributed by atoms with E-state index in [1.54, 1.807) is 14.2 Å². The van der Waals surface area contributed by atoms with Crippen molar-refractivity contribution in [1.29, 1.82) is 0 Å². The minimum absolute atomic E-state index is 0.0693. The minimum atomic E-state index is -0.0693. The van der Waals surface area contributed by atoms with Crippen LogP contribution in [0.15, 0.2) is 47.5 Å². The Hall–Kier alpha value is -3.06. The second kappa shape index (κ2) is 12.5. The van der Waals surface area contributed by atoms with Gasteiger partial charge in [0.2, 0.25) is 5.91 Å². The van der Waals surface area contributed by atoms with Gasteiger partial charge in [-0.05, 0) is 42.7 Å². The first kappa shape index (κ1) is 23.2. The summed E-state index contributed by atoms with van der Waals surface area (Å²) in [5, 5.41) is 9.43. The van der Waals surface area contributed by atoms with Crippen molar-refractivity contribution in [1.82, 2.24) is 10.6 Å². The van der Waals surface area contributed by atoms with Crippen LogP contribution < -0.4 is 20.7 Å². The summed E-state index contributed by atoms with van der Waals surface area (Å²) in [5.74, 6) is 1.52. The van der Waals surface area contributed by atoms with Gasteiger partial charge in [-0.2, -0.15) is 0 Å². The molecule has 3 N–H and O–H groups in total. The molecule has 0 atom stereocenters. The van der Waals surface area contributed by atoms with E-state index in [1.165, 1.54) is 12.5 Å². The predicted molar refractivity (Wildman–Crippen MR) is 121 cm³/mol. The molecule has 0 saturated heterocycles. The number of nitrogens with zero attached hydrogens (tertiary/aromatic N) is 1. The molecule has 0 aliphatic carbocycles. The number of ether oxygens (including phenoxy) is 2. The highest BCUT2D eigenvalue weighted by Crippen LogP contribution is 2.20. The number of amides is 1. The van der Waals surface area contributed by atoms with Crippen molar-refractivity contribution in [3.05, 3.63) is 59.2 Å². The molecule has 1 amide bonds. The molecule has 7 nitrogen and oxygen atoms in total. The zero-order valence-corrected chi connectivity index (χ0v) is 18.2. The molecule has 0 heterocycles. The summed E-state index contributed by atoms with van der Waals surface area (Å²) in [6, 6.07) is 14.0. The highest BCUT2D eigenvalue weighted by atomic mass is 16.5. The van der Waals surface area contributed by atoms with Crippen molar-refractivity contribution in [2.45, 2.75) is 26.8 Å². The predicted octanol–water partition coefficient (Wildman–Crippen LogP) is 2.89. The third kappa shape index (κ3) is 8.13. The van der Waals surface area contributed by atoms with Crippen LogP contribution >= 0.6 is 0 Å². The zero-order valence-electron chi connectivity index (χ0n) is 18.2. The summed E-state index contributed by atoms with van der Waals surface area (Å²) >= 11 is 0. The third-order valence-corrected chi connectivity index (χ3v) is 4.42. The number of benzene rings is 2. The smallest absolute Gasteiger partial charge is 0.221 e. The fraction of sp³-hybridized carbons (Fsp3) is 0.391. The highest BCUT2D eigenvalue weighted by Gasteiger charge is 2.06. The van der Waals surface area contributed by atoms with E-state index in [4.69, 9.17) is 9.47 Å². The van der Waals surface area contributed by atoms with Gasteiger partial charge in [-0.3, -0.25) is 9.79 Å². The van der Waals surface area contributed by atoms with E-state index in [-0.39, 0.29) is 5.91 Å². The lowest BCUT2D eigenvalue weighted by Gasteiger charge is -2.15. The summed E-state index contributed by atoms with van der Waals surface area (Å²) < 4.78 is 10.9. The highest BCUT2D eigenvalue weighted by molar-refractivity contribution is 5.88. The lowest BCUT2D eigenvalue weighted by Crippen LogP contribution is -2.37. The SMILES string of the molecule is CN=C(NCCc1ccc(NC(C)=O)cc1)NCc1ccc(C)cc1OCCOC. The van der Waals surface area contributed by atoms with Gasteiger partial charge < -0.3 is 25.4 Å².